The Bertz CT molecular complexity index is 442. The lowest BCUT2D eigenvalue weighted by Crippen LogP contribution is -2.24. The average molecular weight is 246 g/mol. The van der Waals surface area contributed by atoms with Gasteiger partial charge in [0.1, 0.15) is 11.6 Å². The first-order chi connectivity index (χ1) is 8.56. The van der Waals surface area contributed by atoms with Crippen molar-refractivity contribution in [3.63, 3.8) is 0 Å². The van der Waals surface area contributed by atoms with Crippen molar-refractivity contribution in [3.05, 3.63) is 29.3 Å². The van der Waals surface area contributed by atoms with Crippen LogP contribution in [0.4, 0.5) is 0 Å². The van der Waals surface area contributed by atoms with Gasteiger partial charge in [-0.1, -0.05) is 13.3 Å². The third-order valence-electron chi connectivity index (χ3n) is 3.67. The zero-order chi connectivity index (χ0) is 13.1. The molecule has 0 radical (unpaired) electrons. The molecule has 1 fully saturated rings. The van der Waals surface area contributed by atoms with Gasteiger partial charge in [-0.05, 0) is 55.9 Å². The maximum absolute atomic E-state index is 7.42. The number of ether oxygens (including phenoxy) is 1. The van der Waals surface area contributed by atoms with Gasteiger partial charge in [0.25, 0.3) is 0 Å². The molecular formula is C15H22N2O. The quantitative estimate of drug-likeness (QED) is 0.635. The van der Waals surface area contributed by atoms with Gasteiger partial charge in [0.05, 0.1) is 6.10 Å². The van der Waals surface area contributed by atoms with E-state index in [1.54, 1.807) is 0 Å². The van der Waals surface area contributed by atoms with Crippen LogP contribution in [0.3, 0.4) is 0 Å². The Morgan fingerprint density at radius 3 is 2.78 bits per heavy atom. The Morgan fingerprint density at radius 1 is 1.39 bits per heavy atom. The molecule has 0 spiro atoms. The molecule has 18 heavy (non-hydrogen) atoms. The summed E-state index contributed by atoms with van der Waals surface area (Å²) in [7, 11) is 0. The van der Waals surface area contributed by atoms with E-state index in [-0.39, 0.29) is 5.84 Å². The lowest BCUT2D eigenvalue weighted by atomic mass is 9.88. The minimum atomic E-state index is 0.107. The minimum Gasteiger partial charge on any atom is -0.490 e. The number of aryl methyl sites for hydroxylation is 1. The molecule has 2 atom stereocenters. The molecule has 0 aliphatic heterocycles. The molecule has 1 aromatic carbocycles. The molecule has 1 aromatic rings. The number of hydrogen-bond acceptors (Lipinski definition) is 2. The number of nitrogen functional groups attached to an aromatic ring is 1. The highest BCUT2D eigenvalue weighted by Gasteiger charge is 2.20. The van der Waals surface area contributed by atoms with E-state index in [1.165, 1.54) is 12.8 Å². The van der Waals surface area contributed by atoms with Crippen molar-refractivity contribution in [2.75, 3.05) is 0 Å². The second kappa shape index (κ2) is 5.42. The molecule has 2 unspecified atom stereocenters. The summed E-state index contributed by atoms with van der Waals surface area (Å²) in [4.78, 5) is 0. The van der Waals surface area contributed by atoms with E-state index in [2.05, 4.69) is 6.92 Å². The molecule has 3 N–H and O–H groups in total. The Kier molecular flexibility index (Phi) is 3.90. The zero-order valence-electron chi connectivity index (χ0n) is 11.2. The van der Waals surface area contributed by atoms with Crippen molar-refractivity contribution < 1.29 is 4.74 Å². The number of rotatable bonds is 3. The fraction of sp³-hybridized carbons (Fsp3) is 0.533. The first kappa shape index (κ1) is 12.9. The van der Waals surface area contributed by atoms with Crippen LogP contribution >= 0.6 is 0 Å². The van der Waals surface area contributed by atoms with Crippen LogP contribution in [-0.2, 0) is 0 Å². The standard InChI is InChI=1S/C15H22N2O/c1-10-4-3-5-13(8-10)18-14-7-6-12(15(16)17)9-11(14)2/h6-7,9-10,13H,3-5,8H2,1-2H3,(H3,16,17). The predicted molar refractivity (Wildman–Crippen MR) is 74.2 cm³/mol. The van der Waals surface area contributed by atoms with Crippen LogP contribution in [0, 0.1) is 18.3 Å². The van der Waals surface area contributed by atoms with Gasteiger partial charge in [0, 0.05) is 5.56 Å². The Morgan fingerprint density at radius 2 is 2.17 bits per heavy atom. The van der Waals surface area contributed by atoms with Gasteiger partial charge in [-0.15, -0.1) is 0 Å². The summed E-state index contributed by atoms with van der Waals surface area (Å²) in [5.74, 6) is 1.80. The SMILES string of the molecule is Cc1cc(C(=N)N)ccc1OC1CCCC(C)C1. The van der Waals surface area contributed by atoms with Crippen LogP contribution in [0.5, 0.6) is 5.75 Å². The summed E-state index contributed by atoms with van der Waals surface area (Å²) in [6.45, 7) is 4.30. The largest absolute Gasteiger partial charge is 0.490 e. The monoisotopic (exact) mass is 246 g/mol. The summed E-state index contributed by atoms with van der Waals surface area (Å²) in [5, 5.41) is 7.42. The molecule has 1 aliphatic carbocycles. The van der Waals surface area contributed by atoms with Crippen LogP contribution in [-0.4, -0.2) is 11.9 Å². The number of hydrogen-bond donors (Lipinski definition) is 2. The lowest BCUT2D eigenvalue weighted by molar-refractivity contribution is 0.128. The summed E-state index contributed by atoms with van der Waals surface area (Å²) in [5.41, 5.74) is 7.30. The van der Waals surface area contributed by atoms with Gasteiger partial charge >= 0.3 is 0 Å². The second-order valence-corrected chi connectivity index (χ2v) is 5.41. The molecule has 1 saturated carbocycles. The summed E-state index contributed by atoms with van der Waals surface area (Å²) >= 11 is 0. The number of nitrogens with two attached hydrogens (primary N) is 1. The Labute approximate surface area is 109 Å². The fourth-order valence-corrected chi connectivity index (χ4v) is 2.61. The minimum absolute atomic E-state index is 0.107. The van der Waals surface area contributed by atoms with Gasteiger partial charge in [-0.2, -0.15) is 0 Å². The molecule has 0 bridgehead atoms. The van der Waals surface area contributed by atoms with Crippen molar-refractivity contribution >= 4 is 5.84 Å². The third kappa shape index (κ3) is 3.03. The summed E-state index contributed by atoms with van der Waals surface area (Å²) in [6, 6.07) is 5.71. The van der Waals surface area contributed by atoms with E-state index in [0.29, 0.717) is 6.10 Å². The maximum atomic E-state index is 7.42. The van der Waals surface area contributed by atoms with Gasteiger partial charge in [0.15, 0.2) is 0 Å². The molecule has 3 heteroatoms. The normalized spacial score (nSPS) is 23.7. The topological polar surface area (TPSA) is 59.1 Å². The molecule has 3 nitrogen and oxygen atoms in total. The van der Waals surface area contributed by atoms with E-state index in [1.807, 2.05) is 25.1 Å². The third-order valence-corrected chi connectivity index (χ3v) is 3.67. The average Bonchev–Trinajstić information content (AvgIpc) is 2.31. The summed E-state index contributed by atoms with van der Waals surface area (Å²) < 4.78 is 6.08. The van der Waals surface area contributed by atoms with Crippen LogP contribution in [0.15, 0.2) is 18.2 Å². The molecule has 0 amide bonds. The lowest BCUT2D eigenvalue weighted by Gasteiger charge is -2.28. The molecule has 0 heterocycles. The Hall–Kier alpha value is -1.51. The van der Waals surface area contributed by atoms with Crippen LogP contribution in [0.2, 0.25) is 0 Å². The van der Waals surface area contributed by atoms with E-state index in [0.717, 1.165) is 35.6 Å². The Balaban J connectivity index is 2.07. The van der Waals surface area contributed by atoms with Crippen LogP contribution in [0.1, 0.15) is 43.7 Å². The molecule has 0 aromatic heterocycles. The van der Waals surface area contributed by atoms with Gasteiger partial charge in [-0.25, -0.2) is 0 Å². The number of nitrogens with one attached hydrogen (secondary N) is 1. The van der Waals surface area contributed by atoms with Gasteiger partial charge in [-0.3, -0.25) is 5.41 Å². The highest BCUT2D eigenvalue weighted by atomic mass is 16.5. The first-order valence-electron chi connectivity index (χ1n) is 6.68. The van der Waals surface area contributed by atoms with Crippen LogP contribution < -0.4 is 10.5 Å². The van der Waals surface area contributed by atoms with E-state index >= 15 is 0 Å². The van der Waals surface area contributed by atoms with E-state index in [4.69, 9.17) is 15.9 Å². The van der Waals surface area contributed by atoms with Gasteiger partial charge < -0.3 is 10.5 Å². The molecule has 2 rings (SSSR count). The van der Waals surface area contributed by atoms with E-state index < -0.39 is 0 Å². The molecular weight excluding hydrogens is 224 g/mol. The van der Waals surface area contributed by atoms with Gasteiger partial charge in [0.2, 0.25) is 0 Å². The van der Waals surface area contributed by atoms with Crippen LogP contribution in [0.25, 0.3) is 0 Å². The fourth-order valence-electron chi connectivity index (χ4n) is 2.61. The van der Waals surface area contributed by atoms with Crippen molar-refractivity contribution in [1.29, 1.82) is 5.41 Å². The van der Waals surface area contributed by atoms with Crippen molar-refractivity contribution in [2.45, 2.75) is 45.6 Å². The predicted octanol–water partition coefficient (Wildman–Crippen LogP) is 3.24. The molecule has 1 aliphatic rings. The van der Waals surface area contributed by atoms with Crippen molar-refractivity contribution in [2.24, 2.45) is 11.7 Å². The molecule has 0 saturated heterocycles. The summed E-state index contributed by atoms with van der Waals surface area (Å²) in [6.07, 6.45) is 5.22. The molecule has 98 valence electrons. The highest BCUT2D eigenvalue weighted by molar-refractivity contribution is 5.95. The smallest absolute Gasteiger partial charge is 0.122 e. The number of amidine groups is 1. The zero-order valence-corrected chi connectivity index (χ0v) is 11.2. The second-order valence-electron chi connectivity index (χ2n) is 5.41. The van der Waals surface area contributed by atoms with Crippen molar-refractivity contribution in [1.82, 2.24) is 0 Å². The highest BCUT2D eigenvalue weighted by Crippen LogP contribution is 2.29. The first-order valence-corrected chi connectivity index (χ1v) is 6.68. The number of benzene rings is 1. The van der Waals surface area contributed by atoms with E-state index in [9.17, 15) is 0 Å². The van der Waals surface area contributed by atoms with Crippen molar-refractivity contribution in [3.8, 4) is 5.75 Å². The maximum Gasteiger partial charge on any atom is 0.122 e.